The zero-order valence-electron chi connectivity index (χ0n) is 12.1. The molecular formula is C12H24N2O4S. The number of ether oxygens (including phenoxy) is 1. The number of hydrogen-bond acceptors (Lipinski definition) is 4. The van der Waals surface area contributed by atoms with Crippen molar-refractivity contribution in [2.75, 3.05) is 39.0 Å². The van der Waals surface area contributed by atoms with Crippen LogP contribution in [0.5, 0.6) is 0 Å². The molecule has 1 amide bonds. The van der Waals surface area contributed by atoms with Crippen molar-refractivity contribution >= 4 is 15.9 Å². The van der Waals surface area contributed by atoms with Crippen LogP contribution in [-0.2, 0) is 19.6 Å². The summed E-state index contributed by atoms with van der Waals surface area (Å²) in [6.07, 6.45) is 0.728. The quantitative estimate of drug-likeness (QED) is 0.723. The molecule has 19 heavy (non-hydrogen) atoms. The summed E-state index contributed by atoms with van der Waals surface area (Å²) >= 11 is 0. The number of nitrogens with zero attached hydrogens (tertiary/aromatic N) is 2. The summed E-state index contributed by atoms with van der Waals surface area (Å²) in [5.74, 6) is 0.325. The van der Waals surface area contributed by atoms with Crippen molar-refractivity contribution in [3.8, 4) is 0 Å². The van der Waals surface area contributed by atoms with Crippen LogP contribution in [0.1, 0.15) is 20.8 Å². The summed E-state index contributed by atoms with van der Waals surface area (Å²) in [6, 6.07) is 0. The highest BCUT2D eigenvalue weighted by Crippen LogP contribution is 2.09. The topological polar surface area (TPSA) is 66.9 Å². The van der Waals surface area contributed by atoms with Crippen molar-refractivity contribution in [1.82, 2.24) is 9.21 Å². The molecule has 112 valence electrons. The van der Waals surface area contributed by atoms with E-state index in [0.717, 1.165) is 0 Å². The van der Waals surface area contributed by atoms with Gasteiger partial charge < -0.3 is 9.64 Å². The van der Waals surface area contributed by atoms with Gasteiger partial charge in [-0.05, 0) is 12.8 Å². The van der Waals surface area contributed by atoms with Crippen LogP contribution >= 0.6 is 0 Å². The van der Waals surface area contributed by atoms with Crippen LogP contribution in [-0.4, -0.2) is 68.7 Å². The van der Waals surface area contributed by atoms with E-state index in [4.69, 9.17) is 4.74 Å². The number of carbonyl (C=O) groups is 1. The first-order chi connectivity index (χ1) is 8.71. The lowest BCUT2D eigenvalue weighted by atomic mass is 10.2. The second kappa shape index (κ2) is 6.67. The first kappa shape index (κ1) is 16.4. The van der Waals surface area contributed by atoms with E-state index in [9.17, 15) is 13.2 Å². The maximum Gasteiger partial charge on any atom is 0.251 e. The first-order valence-corrected chi connectivity index (χ1v) is 8.42. The summed E-state index contributed by atoms with van der Waals surface area (Å²) in [7, 11) is -3.15. The molecular weight excluding hydrogens is 268 g/mol. The van der Waals surface area contributed by atoms with Gasteiger partial charge in [-0.15, -0.1) is 0 Å². The summed E-state index contributed by atoms with van der Waals surface area (Å²) in [5, 5.41) is 0. The third-order valence-corrected chi connectivity index (χ3v) is 4.35. The monoisotopic (exact) mass is 292 g/mol. The molecule has 0 spiro atoms. The minimum Gasteiger partial charge on any atom is -0.368 e. The Morgan fingerprint density at radius 2 is 1.68 bits per heavy atom. The Morgan fingerprint density at radius 1 is 1.16 bits per heavy atom. The molecule has 0 radical (unpaired) electrons. The molecule has 1 aliphatic heterocycles. The van der Waals surface area contributed by atoms with E-state index in [1.54, 1.807) is 11.8 Å². The van der Waals surface area contributed by atoms with Crippen LogP contribution in [0, 0.1) is 5.92 Å². The van der Waals surface area contributed by atoms with Gasteiger partial charge in [0.25, 0.3) is 5.91 Å². The average Bonchev–Trinajstić information content (AvgIpc) is 2.34. The molecule has 1 saturated heterocycles. The SMILES string of the molecule is CC(C)CO[C@@H](C)C(=O)N1CCN(S(C)(=O)=O)CC1. The van der Waals surface area contributed by atoms with Crippen molar-refractivity contribution in [3.05, 3.63) is 0 Å². The van der Waals surface area contributed by atoms with Crippen LogP contribution in [0.3, 0.4) is 0 Å². The third kappa shape index (κ3) is 5.08. The molecule has 1 rings (SSSR count). The van der Waals surface area contributed by atoms with E-state index in [2.05, 4.69) is 0 Å². The van der Waals surface area contributed by atoms with Gasteiger partial charge in [0, 0.05) is 32.8 Å². The van der Waals surface area contributed by atoms with Crippen LogP contribution in [0.2, 0.25) is 0 Å². The Labute approximate surface area is 115 Å². The summed E-state index contributed by atoms with van der Waals surface area (Å²) in [6.45, 7) is 7.94. The maximum absolute atomic E-state index is 12.1. The van der Waals surface area contributed by atoms with Gasteiger partial charge in [-0.3, -0.25) is 4.79 Å². The molecule has 0 aromatic heterocycles. The Kier molecular flexibility index (Phi) is 5.76. The zero-order chi connectivity index (χ0) is 14.6. The first-order valence-electron chi connectivity index (χ1n) is 6.57. The van der Waals surface area contributed by atoms with Crippen molar-refractivity contribution < 1.29 is 17.9 Å². The molecule has 1 aliphatic rings. The molecule has 0 N–H and O–H groups in total. The fourth-order valence-corrected chi connectivity index (χ4v) is 2.73. The number of carbonyl (C=O) groups excluding carboxylic acids is 1. The second-order valence-corrected chi connectivity index (χ2v) is 7.34. The largest absolute Gasteiger partial charge is 0.368 e. The molecule has 0 bridgehead atoms. The van der Waals surface area contributed by atoms with E-state index in [1.165, 1.54) is 10.6 Å². The summed E-state index contributed by atoms with van der Waals surface area (Å²) in [5.41, 5.74) is 0. The van der Waals surface area contributed by atoms with E-state index >= 15 is 0 Å². The molecule has 6 nitrogen and oxygen atoms in total. The van der Waals surface area contributed by atoms with Gasteiger partial charge in [-0.1, -0.05) is 13.8 Å². The van der Waals surface area contributed by atoms with Gasteiger partial charge >= 0.3 is 0 Å². The van der Waals surface area contributed by atoms with E-state index in [-0.39, 0.29) is 5.91 Å². The number of amides is 1. The molecule has 0 saturated carbocycles. The highest BCUT2D eigenvalue weighted by molar-refractivity contribution is 7.88. The van der Waals surface area contributed by atoms with Crippen LogP contribution in [0.25, 0.3) is 0 Å². The van der Waals surface area contributed by atoms with Crippen molar-refractivity contribution in [2.24, 2.45) is 5.92 Å². The van der Waals surface area contributed by atoms with E-state index in [1.807, 2.05) is 13.8 Å². The number of piperazine rings is 1. The standard InChI is InChI=1S/C12H24N2O4S/c1-10(2)9-18-11(3)12(15)13-5-7-14(8-6-13)19(4,16)17/h10-11H,5-9H2,1-4H3/t11-/m0/s1. The molecule has 0 unspecified atom stereocenters. The Hall–Kier alpha value is -0.660. The van der Waals surface area contributed by atoms with E-state index in [0.29, 0.717) is 38.7 Å². The molecule has 1 heterocycles. The average molecular weight is 292 g/mol. The van der Waals surface area contributed by atoms with Gasteiger partial charge in [0.05, 0.1) is 6.26 Å². The van der Waals surface area contributed by atoms with Crippen molar-refractivity contribution in [2.45, 2.75) is 26.9 Å². The summed E-state index contributed by atoms with van der Waals surface area (Å²) < 4.78 is 29.6. The number of hydrogen-bond donors (Lipinski definition) is 0. The van der Waals surface area contributed by atoms with Gasteiger partial charge in [-0.2, -0.15) is 4.31 Å². The van der Waals surface area contributed by atoms with Gasteiger partial charge in [0.2, 0.25) is 10.0 Å². The second-order valence-electron chi connectivity index (χ2n) is 5.36. The molecule has 0 aromatic rings. The lowest BCUT2D eigenvalue weighted by Crippen LogP contribution is -2.52. The predicted octanol–water partition coefficient (Wildman–Crippen LogP) is 0.151. The Balaban J connectivity index is 2.44. The minimum absolute atomic E-state index is 0.0613. The van der Waals surface area contributed by atoms with Gasteiger partial charge in [0.1, 0.15) is 6.10 Å². The zero-order valence-corrected chi connectivity index (χ0v) is 12.9. The maximum atomic E-state index is 12.1. The molecule has 0 aromatic carbocycles. The number of sulfonamides is 1. The molecule has 7 heteroatoms. The summed E-state index contributed by atoms with van der Waals surface area (Å²) in [4.78, 5) is 13.8. The van der Waals surface area contributed by atoms with E-state index < -0.39 is 16.1 Å². The highest BCUT2D eigenvalue weighted by Gasteiger charge is 2.28. The van der Waals surface area contributed by atoms with Gasteiger partial charge in [0.15, 0.2) is 0 Å². The molecule has 0 aliphatic carbocycles. The fourth-order valence-electron chi connectivity index (χ4n) is 1.91. The fraction of sp³-hybridized carbons (Fsp3) is 0.917. The lowest BCUT2D eigenvalue weighted by Gasteiger charge is -2.34. The molecule has 1 atom stereocenters. The normalized spacial score (nSPS) is 19.7. The smallest absolute Gasteiger partial charge is 0.251 e. The third-order valence-electron chi connectivity index (χ3n) is 3.05. The Morgan fingerprint density at radius 3 is 2.11 bits per heavy atom. The van der Waals surface area contributed by atoms with Crippen LogP contribution in [0.4, 0.5) is 0 Å². The lowest BCUT2D eigenvalue weighted by molar-refractivity contribution is -0.144. The Bertz CT molecular complexity index is 400. The predicted molar refractivity (Wildman–Crippen MR) is 73.2 cm³/mol. The van der Waals surface area contributed by atoms with Crippen molar-refractivity contribution in [3.63, 3.8) is 0 Å². The van der Waals surface area contributed by atoms with Crippen molar-refractivity contribution in [1.29, 1.82) is 0 Å². The van der Waals surface area contributed by atoms with Crippen LogP contribution in [0.15, 0.2) is 0 Å². The van der Waals surface area contributed by atoms with Gasteiger partial charge in [-0.25, -0.2) is 8.42 Å². The van der Waals surface area contributed by atoms with Crippen LogP contribution < -0.4 is 0 Å². The molecule has 1 fully saturated rings. The minimum atomic E-state index is -3.15. The number of rotatable bonds is 5. The highest BCUT2D eigenvalue weighted by atomic mass is 32.2.